The van der Waals surface area contributed by atoms with Gasteiger partial charge < -0.3 is 20.0 Å². The molecule has 1 aromatic rings. The highest BCUT2D eigenvalue weighted by molar-refractivity contribution is 6.34. The van der Waals surface area contributed by atoms with E-state index in [0.29, 0.717) is 13.1 Å². The lowest BCUT2D eigenvalue weighted by molar-refractivity contribution is -0.152. The molecule has 0 unspecified atom stereocenters. The number of hydrogen-bond acceptors (Lipinski definition) is 4. The van der Waals surface area contributed by atoms with Gasteiger partial charge in [0, 0.05) is 26.2 Å². The zero-order valence-corrected chi connectivity index (χ0v) is 12.2. The zero-order chi connectivity index (χ0) is 15.7. The van der Waals surface area contributed by atoms with Gasteiger partial charge in [-0.2, -0.15) is 0 Å². The predicted molar refractivity (Wildman–Crippen MR) is 78.3 cm³/mol. The molecule has 0 atom stereocenters. The van der Waals surface area contributed by atoms with Crippen molar-refractivity contribution in [1.29, 1.82) is 0 Å². The smallest absolute Gasteiger partial charge is 0.312 e. The fourth-order valence-electron chi connectivity index (χ4n) is 1.96. The normalized spacial score (nSPS) is 10.2. The minimum atomic E-state index is -0.698. The maximum atomic E-state index is 12.2. The van der Waals surface area contributed by atoms with Crippen molar-refractivity contribution < 1.29 is 19.8 Å². The van der Waals surface area contributed by atoms with Gasteiger partial charge in [-0.1, -0.05) is 30.3 Å². The Morgan fingerprint density at radius 2 is 1.48 bits per heavy atom. The number of carbonyl (C=O) groups excluding carboxylic acids is 2. The predicted octanol–water partition coefficient (Wildman–Crippen LogP) is -0.152. The van der Waals surface area contributed by atoms with Gasteiger partial charge in [0.25, 0.3) is 0 Å². The average molecular weight is 294 g/mol. The molecular formula is C15H22N2O4. The molecule has 0 radical (unpaired) electrons. The van der Waals surface area contributed by atoms with Gasteiger partial charge in [0.15, 0.2) is 0 Å². The van der Waals surface area contributed by atoms with Gasteiger partial charge in [-0.3, -0.25) is 9.59 Å². The van der Waals surface area contributed by atoms with Crippen LogP contribution in [0.1, 0.15) is 12.5 Å². The summed E-state index contributed by atoms with van der Waals surface area (Å²) in [5.41, 5.74) is 0.941. The van der Waals surface area contributed by atoms with E-state index in [2.05, 4.69) is 0 Å². The van der Waals surface area contributed by atoms with Gasteiger partial charge in [0.1, 0.15) is 0 Å². The van der Waals surface area contributed by atoms with E-state index in [9.17, 15) is 9.59 Å². The molecule has 0 aliphatic rings. The molecule has 0 aliphatic carbocycles. The molecule has 21 heavy (non-hydrogen) atoms. The van der Waals surface area contributed by atoms with Crippen LogP contribution in [-0.2, 0) is 16.1 Å². The second-order valence-corrected chi connectivity index (χ2v) is 4.54. The summed E-state index contributed by atoms with van der Waals surface area (Å²) >= 11 is 0. The third kappa shape index (κ3) is 5.17. The number of benzene rings is 1. The molecule has 0 fully saturated rings. The number of nitrogens with zero attached hydrogens (tertiary/aromatic N) is 2. The SMILES string of the molecule is CCN(Cc1ccccc1)C(=O)C(=O)N(CCO)CCO. The quantitative estimate of drug-likeness (QED) is 0.685. The summed E-state index contributed by atoms with van der Waals surface area (Å²) in [6.07, 6.45) is 0. The minimum Gasteiger partial charge on any atom is -0.395 e. The third-order valence-electron chi connectivity index (χ3n) is 3.10. The number of carbonyl (C=O) groups is 2. The standard InChI is InChI=1S/C15H22N2O4/c1-2-16(12-13-6-4-3-5-7-13)14(20)15(21)17(8-10-18)9-11-19/h3-7,18-19H,2,8-12H2,1H3. The highest BCUT2D eigenvalue weighted by atomic mass is 16.3. The van der Waals surface area contributed by atoms with Gasteiger partial charge in [0.05, 0.1) is 13.2 Å². The Labute approximate surface area is 124 Å². The van der Waals surface area contributed by atoms with Crippen LogP contribution in [0.2, 0.25) is 0 Å². The molecule has 1 rings (SSSR count). The summed E-state index contributed by atoms with van der Waals surface area (Å²) in [5, 5.41) is 17.8. The molecule has 0 bridgehead atoms. The highest BCUT2D eigenvalue weighted by Crippen LogP contribution is 2.06. The van der Waals surface area contributed by atoms with Gasteiger partial charge in [0.2, 0.25) is 0 Å². The Balaban J connectivity index is 2.74. The van der Waals surface area contributed by atoms with E-state index in [1.807, 2.05) is 30.3 Å². The van der Waals surface area contributed by atoms with Crippen LogP contribution in [0.5, 0.6) is 0 Å². The van der Waals surface area contributed by atoms with Crippen LogP contribution in [-0.4, -0.2) is 64.7 Å². The number of aliphatic hydroxyl groups is 2. The third-order valence-corrected chi connectivity index (χ3v) is 3.10. The van der Waals surface area contributed by atoms with Crippen molar-refractivity contribution in [2.45, 2.75) is 13.5 Å². The Bertz CT molecular complexity index is 444. The van der Waals surface area contributed by atoms with Crippen LogP contribution in [0, 0.1) is 0 Å². The summed E-state index contributed by atoms with van der Waals surface area (Å²) in [6.45, 7) is 2.14. The molecule has 1 aromatic carbocycles. The van der Waals surface area contributed by atoms with Crippen LogP contribution >= 0.6 is 0 Å². The molecule has 0 saturated heterocycles. The molecule has 0 saturated carbocycles. The zero-order valence-electron chi connectivity index (χ0n) is 12.2. The Morgan fingerprint density at radius 1 is 0.952 bits per heavy atom. The minimum absolute atomic E-state index is 0.0357. The highest BCUT2D eigenvalue weighted by Gasteiger charge is 2.25. The van der Waals surface area contributed by atoms with Crippen molar-refractivity contribution >= 4 is 11.8 Å². The van der Waals surface area contributed by atoms with Crippen molar-refractivity contribution in [3.8, 4) is 0 Å². The van der Waals surface area contributed by atoms with Crippen molar-refractivity contribution in [2.24, 2.45) is 0 Å². The van der Waals surface area contributed by atoms with Gasteiger partial charge in [-0.15, -0.1) is 0 Å². The van der Waals surface area contributed by atoms with E-state index in [0.717, 1.165) is 10.5 Å². The van der Waals surface area contributed by atoms with E-state index in [1.165, 1.54) is 4.90 Å². The first-order valence-electron chi connectivity index (χ1n) is 6.97. The van der Waals surface area contributed by atoms with Gasteiger partial charge in [-0.25, -0.2) is 0 Å². The van der Waals surface area contributed by atoms with Crippen LogP contribution < -0.4 is 0 Å². The topological polar surface area (TPSA) is 81.1 Å². The number of aliphatic hydroxyl groups excluding tert-OH is 2. The van der Waals surface area contributed by atoms with Crippen molar-refractivity contribution in [3.05, 3.63) is 35.9 Å². The Morgan fingerprint density at radius 3 is 1.95 bits per heavy atom. The lowest BCUT2D eigenvalue weighted by Crippen LogP contribution is -2.46. The number of amides is 2. The fraction of sp³-hybridized carbons (Fsp3) is 0.467. The first-order chi connectivity index (χ1) is 10.1. The lowest BCUT2D eigenvalue weighted by atomic mass is 10.2. The summed E-state index contributed by atoms with van der Waals surface area (Å²) in [6, 6.07) is 9.41. The van der Waals surface area contributed by atoms with Gasteiger partial charge >= 0.3 is 11.8 Å². The molecule has 0 heterocycles. The van der Waals surface area contributed by atoms with E-state index < -0.39 is 11.8 Å². The summed E-state index contributed by atoms with van der Waals surface area (Å²) in [4.78, 5) is 27.0. The molecule has 0 aliphatic heterocycles. The molecular weight excluding hydrogens is 272 g/mol. The molecule has 6 nitrogen and oxygen atoms in total. The molecule has 0 spiro atoms. The first kappa shape index (κ1) is 17.1. The van der Waals surface area contributed by atoms with E-state index >= 15 is 0 Å². The van der Waals surface area contributed by atoms with Crippen molar-refractivity contribution in [1.82, 2.24) is 9.80 Å². The van der Waals surface area contributed by atoms with Crippen LogP contribution in [0.15, 0.2) is 30.3 Å². The number of likely N-dealkylation sites (N-methyl/N-ethyl adjacent to an activating group) is 1. The van der Waals surface area contributed by atoms with Crippen molar-refractivity contribution in [3.63, 3.8) is 0 Å². The van der Waals surface area contributed by atoms with E-state index in [4.69, 9.17) is 10.2 Å². The van der Waals surface area contributed by atoms with Gasteiger partial charge in [-0.05, 0) is 12.5 Å². The maximum Gasteiger partial charge on any atom is 0.312 e. The summed E-state index contributed by atoms with van der Waals surface area (Å²) < 4.78 is 0. The monoisotopic (exact) mass is 294 g/mol. The number of hydrogen-bond donors (Lipinski definition) is 2. The summed E-state index contributed by atoms with van der Waals surface area (Å²) in [5.74, 6) is -1.32. The first-order valence-corrected chi connectivity index (χ1v) is 6.97. The van der Waals surface area contributed by atoms with Crippen LogP contribution in [0.3, 0.4) is 0 Å². The molecule has 2 N–H and O–H groups in total. The molecule has 0 aromatic heterocycles. The Hall–Kier alpha value is -1.92. The maximum absolute atomic E-state index is 12.2. The van der Waals surface area contributed by atoms with E-state index in [-0.39, 0.29) is 26.3 Å². The second-order valence-electron chi connectivity index (χ2n) is 4.54. The number of rotatable bonds is 7. The lowest BCUT2D eigenvalue weighted by Gasteiger charge is -2.25. The van der Waals surface area contributed by atoms with Crippen LogP contribution in [0.25, 0.3) is 0 Å². The largest absolute Gasteiger partial charge is 0.395 e. The fourth-order valence-corrected chi connectivity index (χ4v) is 1.96. The average Bonchev–Trinajstić information content (AvgIpc) is 2.52. The molecule has 116 valence electrons. The summed E-state index contributed by atoms with van der Waals surface area (Å²) in [7, 11) is 0. The molecule has 6 heteroatoms. The van der Waals surface area contributed by atoms with E-state index in [1.54, 1.807) is 6.92 Å². The van der Waals surface area contributed by atoms with Crippen LogP contribution in [0.4, 0.5) is 0 Å². The second kappa shape index (κ2) is 9.10. The van der Waals surface area contributed by atoms with Crippen molar-refractivity contribution in [2.75, 3.05) is 32.8 Å². The molecule has 2 amide bonds. The Kier molecular flexibility index (Phi) is 7.42.